The topological polar surface area (TPSA) is 23.6 Å². The number of carbonyl (C=O) groups is 1. The average molecular weight is 260 g/mol. The first-order chi connectivity index (χ1) is 9.25. The van der Waals surface area contributed by atoms with Crippen LogP contribution in [-0.2, 0) is 11.2 Å². The number of carbonyl (C=O) groups excluding carboxylic acids is 1. The van der Waals surface area contributed by atoms with Crippen molar-refractivity contribution in [2.24, 2.45) is 0 Å². The molecule has 1 aliphatic heterocycles. The van der Waals surface area contributed by atoms with Gasteiger partial charge in [0.2, 0.25) is 5.91 Å². The van der Waals surface area contributed by atoms with Gasteiger partial charge in [-0.15, -0.1) is 0 Å². The standard InChI is InChI=1S/C16H24N2O/c1-17-11-13-18(14-12-17)16(19)10-6-5-9-15-7-3-2-4-8-15/h2-4,7-8H,5-6,9-14H2,1H3. The zero-order valence-electron chi connectivity index (χ0n) is 11.8. The van der Waals surface area contributed by atoms with Gasteiger partial charge in [0.1, 0.15) is 0 Å². The number of piperazine rings is 1. The van der Waals surface area contributed by atoms with E-state index < -0.39 is 0 Å². The number of hydrogen-bond acceptors (Lipinski definition) is 2. The zero-order valence-corrected chi connectivity index (χ0v) is 11.8. The molecule has 0 spiro atoms. The predicted molar refractivity (Wildman–Crippen MR) is 78.1 cm³/mol. The lowest BCUT2D eigenvalue weighted by Gasteiger charge is -2.32. The number of unbranched alkanes of at least 4 members (excludes halogenated alkanes) is 1. The van der Waals surface area contributed by atoms with Gasteiger partial charge in [0.05, 0.1) is 0 Å². The minimum absolute atomic E-state index is 0.334. The molecule has 3 nitrogen and oxygen atoms in total. The predicted octanol–water partition coefficient (Wildman–Crippen LogP) is 2.17. The van der Waals surface area contributed by atoms with Crippen LogP contribution < -0.4 is 0 Å². The third kappa shape index (κ3) is 4.67. The molecule has 0 saturated carbocycles. The van der Waals surface area contributed by atoms with E-state index >= 15 is 0 Å². The van der Waals surface area contributed by atoms with Crippen LogP contribution in [0.2, 0.25) is 0 Å². The van der Waals surface area contributed by atoms with Gasteiger partial charge in [-0.2, -0.15) is 0 Å². The number of benzene rings is 1. The molecule has 1 fully saturated rings. The van der Waals surface area contributed by atoms with Crippen LogP contribution in [0.4, 0.5) is 0 Å². The summed E-state index contributed by atoms with van der Waals surface area (Å²) in [6.07, 6.45) is 3.89. The van der Waals surface area contributed by atoms with E-state index in [1.54, 1.807) is 0 Å². The minimum Gasteiger partial charge on any atom is -0.340 e. The highest BCUT2D eigenvalue weighted by atomic mass is 16.2. The lowest BCUT2D eigenvalue weighted by molar-refractivity contribution is -0.132. The Kier molecular flexibility index (Phi) is 5.40. The highest BCUT2D eigenvalue weighted by Crippen LogP contribution is 2.09. The second kappa shape index (κ2) is 7.29. The fourth-order valence-electron chi connectivity index (χ4n) is 2.46. The molecule has 1 amide bonds. The Morgan fingerprint density at radius 1 is 1.05 bits per heavy atom. The number of rotatable bonds is 5. The molecule has 3 heteroatoms. The monoisotopic (exact) mass is 260 g/mol. The number of aryl methyl sites for hydroxylation is 1. The largest absolute Gasteiger partial charge is 0.340 e. The molecule has 0 bridgehead atoms. The van der Waals surface area contributed by atoms with E-state index in [1.165, 1.54) is 5.56 Å². The molecule has 0 N–H and O–H groups in total. The van der Waals surface area contributed by atoms with Crippen LogP contribution in [0.25, 0.3) is 0 Å². The van der Waals surface area contributed by atoms with Gasteiger partial charge in [0, 0.05) is 32.6 Å². The second-order valence-corrected chi connectivity index (χ2v) is 5.38. The molecule has 0 aromatic heterocycles. The summed E-state index contributed by atoms with van der Waals surface area (Å²) in [6.45, 7) is 3.81. The first kappa shape index (κ1) is 14.1. The van der Waals surface area contributed by atoms with E-state index in [2.05, 4.69) is 36.2 Å². The fraction of sp³-hybridized carbons (Fsp3) is 0.562. The molecule has 19 heavy (non-hydrogen) atoms. The number of nitrogens with zero attached hydrogens (tertiary/aromatic N) is 2. The highest BCUT2D eigenvalue weighted by Gasteiger charge is 2.18. The van der Waals surface area contributed by atoms with Crippen LogP contribution in [0.1, 0.15) is 24.8 Å². The number of amides is 1. The van der Waals surface area contributed by atoms with E-state index in [1.807, 2.05) is 11.0 Å². The van der Waals surface area contributed by atoms with Crippen molar-refractivity contribution in [1.82, 2.24) is 9.80 Å². The molecule has 0 unspecified atom stereocenters. The highest BCUT2D eigenvalue weighted by molar-refractivity contribution is 5.76. The van der Waals surface area contributed by atoms with Gasteiger partial charge >= 0.3 is 0 Å². The molecule has 1 heterocycles. The van der Waals surface area contributed by atoms with E-state index in [4.69, 9.17) is 0 Å². The maximum absolute atomic E-state index is 12.0. The molecule has 1 saturated heterocycles. The maximum atomic E-state index is 12.0. The van der Waals surface area contributed by atoms with Crippen LogP contribution in [0.5, 0.6) is 0 Å². The molecule has 0 aliphatic carbocycles. The molecule has 104 valence electrons. The van der Waals surface area contributed by atoms with Gasteiger partial charge in [0.25, 0.3) is 0 Å². The third-order valence-corrected chi connectivity index (χ3v) is 3.80. The van der Waals surface area contributed by atoms with Crippen molar-refractivity contribution < 1.29 is 4.79 Å². The zero-order chi connectivity index (χ0) is 13.5. The summed E-state index contributed by atoms with van der Waals surface area (Å²) in [6, 6.07) is 10.5. The lowest BCUT2D eigenvalue weighted by atomic mass is 10.1. The Morgan fingerprint density at radius 3 is 2.42 bits per heavy atom. The van der Waals surface area contributed by atoms with E-state index in [9.17, 15) is 4.79 Å². The summed E-state index contributed by atoms with van der Waals surface area (Å²) >= 11 is 0. The van der Waals surface area contributed by atoms with Gasteiger partial charge in [-0.05, 0) is 31.9 Å². The van der Waals surface area contributed by atoms with Crippen LogP contribution in [0.3, 0.4) is 0 Å². The average Bonchev–Trinajstić information content (AvgIpc) is 2.45. The van der Waals surface area contributed by atoms with Crippen LogP contribution in [0.15, 0.2) is 30.3 Å². The smallest absolute Gasteiger partial charge is 0.222 e. The summed E-state index contributed by atoms with van der Waals surface area (Å²) in [5, 5.41) is 0. The van der Waals surface area contributed by atoms with E-state index in [-0.39, 0.29) is 0 Å². The van der Waals surface area contributed by atoms with Gasteiger partial charge in [-0.3, -0.25) is 4.79 Å². The minimum atomic E-state index is 0.334. The SMILES string of the molecule is CN1CCN(C(=O)CCCCc2ccccc2)CC1. The summed E-state index contributed by atoms with van der Waals surface area (Å²) < 4.78 is 0. The Labute approximate surface area is 116 Å². The fourth-order valence-corrected chi connectivity index (χ4v) is 2.46. The van der Waals surface area contributed by atoms with Crippen LogP contribution in [0, 0.1) is 0 Å². The molecule has 0 radical (unpaired) electrons. The molecule has 1 aliphatic rings. The van der Waals surface area contributed by atoms with Crippen LogP contribution in [-0.4, -0.2) is 48.9 Å². The van der Waals surface area contributed by atoms with Crippen molar-refractivity contribution in [3.05, 3.63) is 35.9 Å². The van der Waals surface area contributed by atoms with E-state index in [0.717, 1.165) is 45.4 Å². The van der Waals surface area contributed by atoms with Crippen molar-refractivity contribution in [2.75, 3.05) is 33.2 Å². The third-order valence-electron chi connectivity index (χ3n) is 3.80. The molecule has 1 aromatic rings. The molecular weight excluding hydrogens is 236 g/mol. The Balaban J connectivity index is 1.61. The Bertz CT molecular complexity index is 383. The normalized spacial score (nSPS) is 16.6. The van der Waals surface area contributed by atoms with Crippen molar-refractivity contribution >= 4 is 5.91 Å². The van der Waals surface area contributed by atoms with Gasteiger partial charge in [0.15, 0.2) is 0 Å². The van der Waals surface area contributed by atoms with Gasteiger partial charge in [-0.1, -0.05) is 30.3 Å². The summed E-state index contributed by atoms with van der Waals surface area (Å²) in [7, 11) is 2.11. The first-order valence-corrected chi connectivity index (χ1v) is 7.26. The van der Waals surface area contributed by atoms with Crippen molar-refractivity contribution in [1.29, 1.82) is 0 Å². The Morgan fingerprint density at radius 2 is 1.74 bits per heavy atom. The summed E-state index contributed by atoms with van der Waals surface area (Å²) in [5.41, 5.74) is 1.37. The molecule has 0 atom stereocenters. The maximum Gasteiger partial charge on any atom is 0.222 e. The van der Waals surface area contributed by atoms with Crippen LogP contribution >= 0.6 is 0 Å². The van der Waals surface area contributed by atoms with Gasteiger partial charge in [-0.25, -0.2) is 0 Å². The lowest BCUT2D eigenvalue weighted by Crippen LogP contribution is -2.47. The van der Waals surface area contributed by atoms with Crippen molar-refractivity contribution in [3.8, 4) is 0 Å². The second-order valence-electron chi connectivity index (χ2n) is 5.38. The first-order valence-electron chi connectivity index (χ1n) is 7.26. The summed E-state index contributed by atoms with van der Waals surface area (Å²) in [4.78, 5) is 16.3. The molecular formula is C16H24N2O. The molecule has 2 rings (SSSR count). The van der Waals surface area contributed by atoms with Crippen molar-refractivity contribution in [2.45, 2.75) is 25.7 Å². The quantitative estimate of drug-likeness (QED) is 0.758. The number of hydrogen-bond donors (Lipinski definition) is 0. The van der Waals surface area contributed by atoms with Crippen molar-refractivity contribution in [3.63, 3.8) is 0 Å². The van der Waals surface area contributed by atoms with E-state index in [0.29, 0.717) is 12.3 Å². The summed E-state index contributed by atoms with van der Waals surface area (Å²) in [5.74, 6) is 0.334. The Hall–Kier alpha value is -1.35. The number of likely N-dealkylation sites (N-methyl/N-ethyl adjacent to an activating group) is 1. The molecule has 1 aromatic carbocycles. The van der Waals surface area contributed by atoms with Gasteiger partial charge < -0.3 is 9.80 Å².